The Balaban J connectivity index is 1.31. The summed E-state index contributed by atoms with van der Waals surface area (Å²) in [4.78, 5) is 29.3. The third-order valence-electron chi connectivity index (χ3n) is 5.29. The van der Waals surface area contributed by atoms with Crippen molar-refractivity contribution in [2.45, 2.75) is 6.54 Å². The second-order valence-corrected chi connectivity index (χ2v) is 7.67. The summed E-state index contributed by atoms with van der Waals surface area (Å²) in [7, 11) is 1.55. The molecular formula is C25H21N5O5. The highest BCUT2D eigenvalue weighted by molar-refractivity contribution is 5.94. The molecule has 0 atom stereocenters. The molecule has 2 aromatic heterocycles. The highest BCUT2D eigenvalue weighted by Crippen LogP contribution is 2.37. The Morgan fingerprint density at radius 3 is 2.63 bits per heavy atom. The monoisotopic (exact) mass is 471 g/mol. The van der Waals surface area contributed by atoms with E-state index in [0.717, 1.165) is 5.56 Å². The van der Waals surface area contributed by atoms with Gasteiger partial charge in [0.15, 0.2) is 22.9 Å². The number of fused-ring (bicyclic) bond motifs is 1. The maximum atomic E-state index is 12.8. The number of carbonyl (C=O) groups excluding carboxylic acids is 1. The zero-order valence-electron chi connectivity index (χ0n) is 18.7. The first kappa shape index (κ1) is 22.0. The number of aryl methyl sites for hydroxylation is 1. The lowest BCUT2D eigenvalue weighted by Crippen LogP contribution is -2.23. The number of aromatic nitrogens is 3. The summed E-state index contributed by atoms with van der Waals surface area (Å²) in [5.41, 5.74) is 1.88. The van der Waals surface area contributed by atoms with E-state index < -0.39 is 0 Å². The summed E-state index contributed by atoms with van der Waals surface area (Å²) in [5, 5.41) is 10.0. The highest BCUT2D eigenvalue weighted by atomic mass is 16.7. The van der Waals surface area contributed by atoms with Crippen LogP contribution >= 0.6 is 0 Å². The Labute approximate surface area is 200 Å². The van der Waals surface area contributed by atoms with Crippen LogP contribution < -0.4 is 30.4 Å². The molecular weight excluding hydrogens is 450 g/mol. The average Bonchev–Trinajstić information content (AvgIpc) is 3.36. The van der Waals surface area contributed by atoms with Gasteiger partial charge in [-0.25, -0.2) is 4.68 Å². The molecule has 0 unspecified atom stereocenters. The van der Waals surface area contributed by atoms with E-state index >= 15 is 0 Å². The summed E-state index contributed by atoms with van der Waals surface area (Å²) in [5.74, 6) is 1.69. The molecule has 0 fully saturated rings. The fourth-order valence-electron chi connectivity index (χ4n) is 3.42. The zero-order valence-corrected chi connectivity index (χ0v) is 18.7. The van der Waals surface area contributed by atoms with Gasteiger partial charge in [-0.05, 0) is 54.1 Å². The summed E-state index contributed by atoms with van der Waals surface area (Å²) in [6.07, 6.45) is 4.81. The van der Waals surface area contributed by atoms with Crippen LogP contribution in [0.15, 0.2) is 78.0 Å². The Kier molecular flexibility index (Phi) is 6.00. The molecule has 0 radical (unpaired) electrons. The van der Waals surface area contributed by atoms with Crippen molar-refractivity contribution in [1.29, 1.82) is 0 Å². The lowest BCUT2D eigenvalue weighted by atomic mass is 10.2. The number of benzene rings is 2. The van der Waals surface area contributed by atoms with Crippen LogP contribution in [0.25, 0.3) is 0 Å². The molecule has 1 aliphatic heterocycles. The summed E-state index contributed by atoms with van der Waals surface area (Å²) in [6, 6.07) is 15.6. The number of amides is 1. The van der Waals surface area contributed by atoms with Crippen LogP contribution in [0.4, 0.5) is 11.4 Å². The second kappa shape index (κ2) is 9.56. The van der Waals surface area contributed by atoms with Crippen molar-refractivity contribution in [3.8, 4) is 23.0 Å². The fourth-order valence-corrected chi connectivity index (χ4v) is 3.42. The second-order valence-electron chi connectivity index (χ2n) is 7.67. The van der Waals surface area contributed by atoms with Gasteiger partial charge in [-0.1, -0.05) is 0 Å². The van der Waals surface area contributed by atoms with Crippen molar-refractivity contribution < 1.29 is 19.0 Å². The van der Waals surface area contributed by atoms with E-state index in [1.165, 1.54) is 10.9 Å². The van der Waals surface area contributed by atoms with Crippen LogP contribution in [0.1, 0.15) is 15.9 Å². The van der Waals surface area contributed by atoms with Gasteiger partial charge < -0.3 is 24.8 Å². The van der Waals surface area contributed by atoms with Crippen molar-refractivity contribution in [3.63, 3.8) is 0 Å². The van der Waals surface area contributed by atoms with Gasteiger partial charge in [0.25, 0.3) is 11.5 Å². The van der Waals surface area contributed by atoms with Gasteiger partial charge in [-0.3, -0.25) is 14.6 Å². The van der Waals surface area contributed by atoms with E-state index in [0.29, 0.717) is 35.0 Å². The standard InChI is InChI=1S/C25H21N5O5/c1-30-25(32)23(22(14-28-30)35-19-6-7-20-21(12-19)34-15-33-20)29-18-4-2-17(3-5-18)24(31)27-13-16-8-10-26-11-9-16/h2-12,14,29H,13,15H2,1H3,(H,27,31). The first-order valence-corrected chi connectivity index (χ1v) is 10.7. The minimum absolute atomic E-state index is 0.150. The minimum atomic E-state index is -0.373. The van der Waals surface area contributed by atoms with Crippen LogP contribution in [-0.2, 0) is 13.6 Å². The zero-order chi connectivity index (χ0) is 24.2. The molecule has 0 aliphatic carbocycles. The van der Waals surface area contributed by atoms with Gasteiger partial charge >= 0.3 is 0 Å². The fraction of sp³-hybridized carbons (Fsp3) is 0.120. The number of nitrogens with zero attached hydrogens (tertiary/aromatic N) is 3. The van der Waals surface area contributed by atoms with E-state index in [-0.39, 0.29) is 29.7 Å². The van der Waals surface area contributed by atoms with Crippen molar-refractivity contribution in [3.05, 3.63) is 94.7 Å². The molecule has 0 saturated heterocycles. The third kappa shape index (κ3) is 4.91. The van der Waals surface area contributed by atoms with E-state index in [9.17, 15) is 9.59 Å². The molecule has 10 nitrogen and oxygen atoms in total. The largest absolute Gasteiger partial charge is 0.454 e. The molecule has 0 spiro atoms. The molecule has 3 heterocycles. The molecule has 1 aliphatic rings. The predicted octanol–water partition coefficient (Wildman–Crippen LogP) is 3.37. The van der Waals surface area contributed by atoms with Crippen LogP contribution in [0.3, 0.4) is 0 Å². The third-order valence-corrected chi connectivity index (χ3v) is 5.29. The molecule has 2 N–H and O–H groups in total. The first-order chi connectivity index (χ1) is 17.1. The van der Waals surface area contributed by atoms with Crippen LogP contribution in [0, 0.1) is 0 Å². The molecule has 0 bridgehead atoms. The molecule has 2 aromatic carbocycles. The Morgan fingerprint density at radius 1 is 1.06 bits per heavy atom. The van der Waals surface area contributed by atoms with Gasteiger partial charge in [-0.2, -0.15) is 5.10 Å². The molecule has 4 aromatic rings. The van der Waals surface area contributed by atoms with Crippen molar-refractivity contribution in [2.24, 2.45) is 7.05 Å². The predicted molar refractivity (Wildman–Crippen MR) is 127 cm³/mol. The van der Waals surface area contributed by atoms with Crippen molar-refractivity contribution in [2.75, 3.05) is 12.1 Å². The van der Waals surface area contributed by atoms with Crippen LogP contribution in [-0.4, -0.2) is 27.5 Å². The molecule has 1 amide bonds. The van der Waals surface area contributed by atoms with E-state index in [1.54, 1.807) is 61.9 Å². The number of ether oxygens (including phenoxy) is 3. The highest BCUT2D eigenvalue weighted by Gasteiger charge is 2.17. The SMILES string of the molecule is Cn1ncc(Oc2ccc3c(c2)OCO3)c(Nc2ccc(C(=O)NCc3ccncc3)cc2)c1=O. The van der Waals surface area contributed by atoms with Gasteiger partial charge in [0.05, 0.1) is 6.20 Å². The molecule has 35 heavy (non-hydrogen) atoms. The summed E-state index contributed by atoms with van der Waals surface area (Å²) < 4.78 is 17.8. The van der Waals surface area contributed by atoms with Crippen molar-refractivity contribution in [1.82, 2.24) is 20.1 Å². The average molecular weight is 471 g/mol. The summed E-state index contributed by atoms with van der Waals surface area (Å²) >= 11 is 0. The van der Waals surface area contributed by atoms with Crippen molar-refractivity contribution >= 4 is 17.3 Å². The number of rotatable bonds is 7. The Bertz CT molecular complexity index is 1420. The van der Waals surface area contributed by atoms with Gasteiger partial charge in [0, 0.05) is 43.3 Å². The van der Waals surface area contributed by atoms with Crippen LogP contribution in [0.5, 0.6) is 23.0 Å². The quantitative estimate of drug-likeness (QED) is 0.421. The Morgan fingerprint density at radius 2 is 1.83 bits per heavy atom. The molecule has 10 heteroatoms. The lowest BCUT2D eigenvalue weighted by molar-refractivity contribution is 0.0951. The molecule has 176 valence electrons. The smallest absolute Gasteiger partial charge is 0.294 e. The van der Waals surface area contributed by atoms with E-state index in [2.05, 4.69) is 20.7 Å². The normalized spacial score (nSPS) is 11.7. The maximum absolute atomic E-state index is 12.8. The summed E-state index contributed by atoms with van der Waals surface area (Å²) in [6.45, 7) is 0.547. The van der Waals surface area contributed by atoms with Gasteiger partial charge in [0.1, 0.15) is 5.75 Å². The molecule has 5 rings (SSSR count). The molecule has 0 saturated carbocycles. The van der Waals surface area contributed by atoms with Gasteiger partial charge in [0.2, 0.25) is 6.79 Å². The minimum Gasteiger partial charge on any atom is -0.454 e. The number of pyridine rings is 1. The van der Waals surface area contributed by atoms with E-state index in [4.69, 9.17) is 14.2 Å². The van der Waals surface area contributed by atoms with E-state index in [1.807, 2.05) is 12.1 Å². The number of anilines is 2. The number of nitrogens with one attached hydrogen (secondary N) is 2. The Hall–Kier alpha value is -4.86. The van der Waals surface area contributed by atoms with Gasteiger partial charge in [-0.15, -0.1) is 0 Å². The lowest BCUT2D eigenvalue weighted by Gasteiger charge is -2.14. The first-order valence-electron chi connectivity index (χ1n) is 10.7. The number of hydrogen-bond donors (Lipinski definition) is 2. The topological polar surface area (TPSA) is 117 Å². The number of carbonyl (C=O) groups is 1. The van der Waals surface area contributed by atoms with Crippen LogP contribution in [0.2, 0.25) is 0 Å². The number of hydrogen-bond acceptors (Lipinski definition) is 8. The maximum Gasteiger partial charge on any atom is 0.294 e.